The van der Waals surface area contributed by atoms with Gasteiger partial charge < -0.3 is 19.3 Å². The van der Waals surface area contributed by atoms with Crippen molar-refractivity contribution in [2.75, 3.05) is 13.2 Å². The van der Waals surface area contributed by atoms with Crippen molar-refractivity contribution >= 4 is 21.9 Å². The number of aliphatic hydroxyl groups excluding tert-OH is 1. The molecule has 0 bridgehead atoms. The van der Waals surface area contributed by atoms with Crippen LogP contribution in [0.15, 0.2) is 0 Å². The van der Waals surface area contributed by atoms with E-state index in [1.54, 1.807) is 20.8 Å². The molecule has 1 N–H and O–H groups in total. The third-order valence-electron chi connectivity index (χ3n) is 2.22. The lowest BCUT2D eigenvalue weighted by atomic mass is 10.1. The fourth-order valence-corrected chi connectivity index (χ4v) is 1.91. The lowest BCUT2D eigenvalue weighted by Crippen LogP contribution is -2.41. The van der Waals surface area contributed by atoms with E-state index in [0.29, 0.717) is 0 Å². The van der Waals surface area contributed by atoms with Gasteiger partial charge in [0.15, 0.2) is 5.79 Å². The van der Waals surface area contributed by atoms with E-state index in [9.17, 15) is 9.90 Å². The number of hydrogen-bond acceptors (Lipinski definition) is 5. The highest BCUT2D eigenvalue weighted by Crippen LogP contribution is 2.27. The molecule has 94 valence electrons. The standard InChI is InChI=1S/C10H17BrO5/c1-4-14-9(13)7(11)8(12)6-5-15-10(2,3)16-6/h6-8,12H,4-5H2,1-3H3. The van der Waals surface area contributed by atoms with E-state index in [4.69, 9.17) is 14.2 Å². The van der Waals surface area contributed by atoms with Crippen LogP contribution in [0.1, 0.15) is 20.8 Å². The van der Waals surface area contributed by atoms with Crippen LogP contribution in [0.4, 0.5) is 0 Å². The SMILES string of the molecule is CCOC(=O)C(Br)C(O)C1COC(C)(C)O1. The molecule has 1 heterocycles. The van der Waals surface area contributed by atoms with Crippen LogP contribution in [-0.4, -0.2) is 47.1 Å². The topological polar surface area (TPSA) is 65.0 Å². The second-order valence-electron chi connectivity index (χ2n) is 4.01. The number of carbonyl (C=O) groups is 1. The molecular weight excluding hydrogens is 280 g/mol. The molecule has 1 rings (SSSR count). The third kappa shape index (κ3) is 3.41. The molecule has 1 aliphatic rings. The Bertz CT molecular complexity index is 256. The van der Waals surface area contributed by atoms with Crippen LogP contribution in [0.25, 0.3) is 0 Å². The molecule has 6 heteroatoms. The highest BCUT2D eigenvalue weighted by molar-refractivity contribution is 9.10. The molecule has 0 aromatic rings. The van der Waals surface area contributed by atoms with Crippen LogP contribution >= 0.6 is 15.9 Å². The first-order chi connectivity index (χ1) is 7.37. The highest BCUT2D eigenvalue weighted by Gasteiger charge is 2.41. The molecule has 0 saturated carbocycles. The van der Waals surface area contributed by atoms with Crippen molar-refractivity contribution in [3.63, 3.8) is 0 Å². The Morgan fingerprint density at radius 2 is 2.31 bits per heavy atom. The summed E-state index contributed by atoms with van der Waals surface area (Å²) in [6.07, 6.45) is -1.51. The third-order valence-corrected chi connectivity index (χ3v) is 3.14. The van der Waals surface area contributed by atoms with Gasteiger partial charge >= 0.3 is 5.97 Å². The van der Waals surface area contributed by atoms with Crippen molar-refractivity contribution in [2.24, 2.45) is 0 Å². The van der Waals surface area contributed by atoms with Gasteiger partial charge in [0.25, 0.3) is 0 Å². The van der Waals surface area contributed by atoms with Gasteiger partial charge in [0, 0.05) is 0 Å². The summed E-state index contributed by atoms with van der Waals surface area (Å²) in [5.41, 5.74) is 0. The maximum atomic E-state index is 11.4. The van der Waals surface area contributed by atoms with E-state index >= 15 is 0 Å². The fourth-order valence-electron chi connectivity index (χ4n) is 1.43. The van der Waals surface area contributed by atoms with Crippen molar-refractivity contribution in [1.29, 1.82) is 0 Å². The minimum absolute atomic E-state index is 0.260. The molecule has 1 saturated heterocycles. The summed E-state index contributed by atoms with van der Waals surface area (Å²) in [5, 5.41) is 9.89. The van der Waals surface area contributed by atoms with Gasteiger partial charge in [0.1, 0.15) is 17.0 Å². The highest BCUT2D eigenvalue weighted by atomic mass is 79.9. The normalized spacial score (nSPS) is 27.4. The van der Waals surface area contributed by atoms with E-state index in [0.717, 1.165) is 0 Å². The maximum absolute atomic E-state index is 11.4. The zero-order valence-corrected chi connectivity index (χ0v) is 11.2. The summed E-state index contributed by atoms with van der Waals surface area (Å²) >= 11 is 3.10. The molecule has 5 nitrogen and oxygen atoms in total. The quantitative estimate of drug-likeness (QED) is 0.615. The van der Waals surface area contributed by atoms with Gasteiger partial charge in [0.05, 0.1) is 13.2 Å². The van der Waals surface area contributed by atoms with Crippen LogP contribution in [-0.2, 0) is 19.0 Å². The van der Waals surface area contributed by atoms with Crippen molar-refractivity contribution in [3.05, 3.63) is 0 Å². The number of esters is 1. The lowest BCUT2D eigenvalue weighted by molar-refractivity contribution is -0.158. The molecule has 1 fully saturated rings. The van der Waals surface area contributed by atoms with Crippen LogP contribution in [0.2, 0.25) is 0 Å². The smallest absolute Gasteiger partial charge is 0.322 e. The molecule has 0 radical (unpaired) electrons. The molecule has 3 unspecified atom stereocenters. The Morgan fingerprint density at radius 3 is 2.75 bits per heavy atom. The van der Waals surface area contributed by atoms with E-state index in [1.807, 2.05) is 0 Å². The minimum atomic E-state index is -0.985. The number of hydrogen-bond donors (Lipinski definition) is 1. The predicted molar refractivity (Wildman–Crippen MR) is 60.3 cm³/mol. The summed E-state index contributed by atoms with van der Waals surface area (Å²) in [7, 11) is 0. The van der Waals surface area contributed by atoms with Gasteiger partial charge in [-0.3, -0.25) is 4.79 Å². The zero-order valence-electron chi connectivity index (χ0n) is 9.60. The average molecular weight is 297 g/mol. The van der Waals surface area contributed by atoms with Crippen LogP contribution in [0, 0.1) is 0 Å². The van der Waals surface area contributed by atoms with Crippen LogP contribution < -0.4 is 0 Å². The van der Waals surface area contributed by atoms with Crippen molar-refractivity contribution in [3.8, 4) is 0 Å². The summed E-state index contributed by atoms with van der Waals surface area (Å²) in [4.78, 5) is 10.6. The number of aliphatic hydroxyl groups is 1. The minimum Gasteiger partial charge on any atom is -0.465 e. The second-order valence-corrected chi connectivity index (χ2v) is 5.00. The van der Waals surface area contributed by atoms with Gasteiger partial charge in [0.2, 0.25) is 0 Å². The monoisotopic (exact) mass is 296 g/mol. The summed E-state index contributed by atoms with van der Waals surface area (Å²) in [6, 6.07) is 0. The Balaban J connectivity index is 2.51. The van der Waals surface area contributed by atoms with Gasteiger partial charge in [-0.05, 0) is 20.8 Å². The first kappa shape index (κ1) is 13.9. The summed E-state index contributed by atoms with van der Waals surface area (Å²) < 4.78 is 15.6. The van der Waals surface area contributed by atoms with Crippen molar-refractivity contribution in [1.82, 2.24) is 0 Å². The Kier molecular flexibility index (Phi) is 4.73. The van der Waals surface area contributed by atoms with Gasteiger partial charge in [-0.2, -0.15) is 0 Å². The maximum Gasteiger partial charge on any atom is 0.322 e. The van der Waals surface area contributed by atoms with E-state index in [2.05, 4.69) is 15.9 Å². The molecule has 0 amide bonds. The Morgan fingerprint density at radius 1 is 1.69 bits per heavy atom. The fraction of sp³-hybridized carbons (Fsp3) is 0.900. The van der Waals surface area contributed by atoms with Gasteiger partial charge in [-0.15, -0.1) is 0 Å². The molecule has 1 aliphatic heterocycles. The lowest BCUT2D eigenvalue weighted by Gasteiger charge is -2.22. The summed E-state index contributed by atoms with van der Waals surface area (Å²) in [5.74, 6) is -1.21. The Hall–Kier alpha value is -0.170. The van der Waals surface area contributed by atoms with Gasteiger partial charge in [-0.1, -0.05) is 15.9 Å². The largest absolute Gasteiger partial charge is 0.465 e. The average Bonchev–Trinajstić information content (AvgIpc) is 2.57. The molecule has 3 atom stereocenters. The number of ether oxygens (including phenoxy) is 3. The predicted octanol–water partition coefficient (Wildman–Crippen LogP) is 0.825. The van der Waals surface area contributed by atoms with Crippen LogP contribution in [0.3, 0.4) is 0 Å². The van der Waals surface area contributed by atoms with Crippen molar-refractivity contribution < 1.29 is 24.1 Å². The second kappa shape index (κ2) is 5.44. The molecule has 0 spiro atoms. The molecule has 0 aromatic heterocycles. The van der Waals surface area contributed by atoms with E-state index < -0.39 is 28.8 Å². The zero-order chi connectivity index (χ0) is 12.3. The Labute approximate surface area is 103 Å². The molecule has 0 aliphatic carbocycles. The summed E-state index contributed by atoms with van der Waals surface area (Å²) in [6.45, 7) is 5.76. The molecular formula is C10H17BrO5. The van der Waals surface area contributed by atoms with Gasteiger partial charge in [-0.25, -0.2) is 0 Å². The van der Waals surface area contributed by atoms with E-state index in [1.165, 1.54) is 0 Å². The molecule has 16 heavy (non-hydrogen) atoms. The number of alkyl halides is 1. The van der Waals surface area contributed by atoms with E-state index in [-0.39, 0.29) is 13.2 Å². The number of halogens is 1. The van der Waals surface area contributed by atoms with Crippen molar-refractivity contribution in [2.45, 2.75) is 43.6 Å². The molecule has 0 aromatic carbocycles. The first-order valence-electron chi connectivity index (χ1n) is 5.18. The number of carbonyl (C=O) groups excluding carboxylic acids is 1. The first-order valence-corrected chi connectivity index (χ1v) is 6.09. The number of rotatable bonds is 4. The van der Waals surface area contributed by atoms with Crippen LogP contribution in [0.5, 0.6) is 0 Å².